The van der Waals surface area contributed by atoms with Crippen LogP contribution in [0.15, 0.2) is 24.3 Å². The van der Waals surface area contributed by atoms with Crippen LogP contribution in [0.2, 0.25) is 0 Å². The number of amides is 1. The van der Waals surface area contributed by atoms with Crippen molar-refractivity contribution in [1.82, 2.24) is 5.32 Å². The maximum Gasteiger partial charge on any atom is 0.261 e. The van der Waals surface area contributed by atoms with Crippen LogP contribution in [0.1, 0.15) is 34.1 Å². The van der Waals surface area contributed by atoms with Gasteiger partial charge in [-0.15, -0.1) is 0 Å². The minimum atomic E-state index is -0.508. The molecule has 0 aliphatic heterocycles. The molecule has 2 N–H and O–H groups in total. The number of anilines is 1. The number of carbonyl (C=O) groups is 1. The van der Waals surface area contributed by atoms with Crippen molar-refractivity contribution in [2.45, 2.75) is 45.8 Å². The highest BCUT2D eigenvalue weighted by Crippen LogP contribution is 2.17. The Labute approximate surface area is 115 Å². The van der Waals surface area contributed by atoms with Crippen molar-refractivity contribution in [1.29, 1.82) is 0 Å². The first kappa shape index (κ1) is 15.3. The van der Waals surface area contributed by atoms with Gasteiger partial charge < -0.3 is 15.4 Å². The molecule has 1 amide bonds. The zero-order valence-electron chi connectivity index (χ0n) is 12.4. The minimum absolute atomic E-state index is 0.0930. The number of rotatable bonds is 6. The monoisotopic (exact) mass is 264 g/mol. The summed E-state index contributed by atoms with van der Waals surface area (Å²) in [6.45, 7) is 7.80. The largest absolute Gasteiger partial charge is 0.481 e. The maximum atomic E-state index is 12.0. The van der Waals surface area contributed by atoms with Gasteiger partial charge in [0, 0.05) is 18.3 Å². The zero-order chi connectivity index (χ0) is 14.5. The molecule has 0 aromatic heterocycles. The van der Waals surface area contributed by atoms with E-state index in [2.05, 4.69) is 10.6 Å². The van der Waals surface area contributed by atoms with Gasteiger partial charge in [0.1, 0.15) is 5.75 Å². The Hall–Kier alpha value is -1.71. The molecule has 0 bridgehead atoms. The fourth-order valence-corrected chi connectivity index (χ4v) is 1.48. The predicted octanol–water partition coefficient (Wildman–Crippen LogP) is 2.80. The molecule has 4 heteroatoms. The van der Waals surface area contributed by atoms with Crippen LogP contribution in [0.4, 0.5) is 5.69 Å². The molecule has 1 aromatic carbocycles. The first-order valence-electron chi connectivity index (χ1n) is 6.64. The number of nitrogens with one attached hydrogen (secondary N) is 2. The molecule has 0 spiro atoms. The molecule has 0 fully saturated rings. The number of benzene rings is 1. The lowest BCUT2D eigenvalue weighted by atomic mass is 10.0. The van der Waals surface area contributed by atoms with E-state index in [1.54, 1.807) is 6.92 Å². The molecular formula is C15H24N2O2. The van der Waals surface area contributed by atoms with Gasteiger partial charge in [0.2, 0.25) is 0 Å². The van der Waals surface area contributed by atoms with Gasteiger partial charge in [-0.05, 0) is 51.5 Å². The smallest absolute Gasteiger partial charge is 0.261 e. The van der Waals surface area contributed by atoms with E-state index in [0.717, 1.165) is 12.1 Å². The SMILES string of the molecule is CCC(C)(C)NC(=O)C(C)Oc1ccc(NC)cc1. The molecular weight excluding hydrogens is 240 g/mol. The molecule has 0 heterocycles. The Bertz CT molecular complexity index is 413. The summed E-state index contributed by atoms with van der Waals surface area (Å²) in [6.07, 6.45) is 0.369. The molecule has 0 aliphatic rings. The molecule has 19 heavy (non-hydrogen) atoms. The number of carbonyl (C=O) groups excluding carboxylic acids is 1. The summed E-state index contributed by atoms with van der Waals surface area (Å²) in [6, 6.07) is 7.52. The quantitative estimate of drug-likeness (QED) is 0.830. The third-order valence-electron chi connectivity index (χ3n) is 3.17. The molecule has 0 saturated heterocycles. The van der Waals surface area contributed by atoms with E-state index in [1.165, 1.54) is 0 Å². The second kappa shape index (κ2) is 6.45. The third kappa shape index (κ3) is 4.81. The highest BCUT2D eigenvalue weighted by atomic mass is 16.5. The van der Waals surface area contributed by atoms with Gasteiger partial charge in [-0.3, -0.25) is 4.79 Å². The lowest BCUT2D eigenvalue weighted by Gasteiger charge is -2.26. The second-order valence-electron chi connectivity index (χ2n) is 5.26. The van der Waals surface area contributed by atoms with Crippen molar-refractivity contribution in [2.24, 2.45) is 0 Å². The Morgan fingerprint density at radius 3 is 2.37 bits per heavy atom. The lowest BCUT2D eigenvalue weighted by Crippen LogP contribution is -2.48. The van der Waals surface area contributed by atoms with Gasteiger partial charge >= 0.3 is 0 Å². The predicted molar refractivity (Wildman–Crippen MR) is 78.6 cm³/mol. The van der Waals surface area contributed by atoms with Crippen molar-refractivity contribution in [3.05, 3.63) is 24.3 Å². The maximum absolute atomic E-state index is 12.0. The highest BCUT2D eigenvalue weighted by molar-refractivity contribution is 5.81. The average molecular weight is 264 g/mol. The Kier molecular flexibility index (Phi) is 5.21. The van der Waals surface area contributed by atoms with Crippen LogP contribution in [-0.2, 0) is 4.79 Å². The van der Waals surface area contributed by atoms with Crippen molar-refractivity contribution < 1.29 is 9.53 Å². The summed E-state index contributed by atoms with van der Waals surface area (Å²) in [5.41, 5.74) is 0.807. The summed E-state index contributed by atoms with van der Waals surface area (Å²) in [4.78, 5) is 12.0. The normalized spacial score (nSPS) is 12.7. The summed E-state index contributed by atoms with van der Waals surface area (Å²) < 4.78 is 5.63. The van der Waals surface area contributed by atoms with Crippen molar-refractivity contribution in [3.63, 3.8) is 0 Å². The summed E-state index contributed by atoms with van der Waals surface area (Å²) in [7, 11) is 1.86. The van der Waals surface area contributed by atoms with Crippen LogP contribution in [0.3, 0.4) is 0 Å². The van der Waals surface area contributed by atoms with Gasteiger partial charge in [0.25, 0.3) is 5.91 Å². The van der Waals surface area contributed by atoms with E-state index in [0.29, 0.717) is 5.75 Å². The molecule has 0 aliphatic carbocycles. The van der Waals surface area contributed by atoms with Gasteiger partial charge in [-0.1, -0.05) is 6.92 Å². The molecule has 1 unspecified atom stereocenters. The lowest BCUT2D eigenvalue weighted by molar-refractivity contribution is -0.128. The van der Waals surface area contributed by atoms with E-state index < -0.39 is 6.10 Å². The van der Waals surface area contributed by atoms with Gasteiger partial charge in [0.15, 0.2) is 6.10 Å². The standard InChI is InChI=1S/C15H24N2O2/c1-6-15(3,4)17-14(18)11(2)19-13-9-7-12(16-5)8-10-13/h7-11,16H,6H2,1-5H3,(H,17,18). The van der Waals surface area contributed by atoms with Crippen molar-refractivity contribution in [2.75, 3.05) is 12.4 Å². The summed E-state index contributed by atoms with van der Waals surface area (Å²) in [5, 5.41) is 6.01. The van der Waals surface area contributed by atoms with E-state index in [4.69, 9.17) is 4.74 Å². The Morgan fingerprint density at radius 2 is 1.89 bits per heavy atom. The first-order valence-corrected chi connectivity index (χ1v) is 6.64. The number of hydrogen-bond donors (Lipinski definition) is 2. The van der Waals surface area contributed by atoms with Crippen LogP contribution >= 0.6 is 0 Å². The van der Waals surface area contributed by atoms with Crippen molar-refractivity contribution >= 4 is 11.6 Å². The third-order valence-corrected chi connectivity index (χ3v) is 3.17. The van der Waals surface area contributed by atoms with E-state index in [1.807, 2.05) is 52.1 Å². The van der Waals surface area contributed by atoms with Crippen LogP contribution in [0.25, 0.3) is 0 Å². The molecule has 1 rings (SSSR count). The fraction of sp³-hybridized carbons (Fsp3) is 0.533. The second-order valence-corrected chi connectivity index (χ2v) is 5.26. The van der Waals surface area contributed by atoms with E-state index >= 15 is 0 Å². The zero-order valence-corrected chi connectivity index (χ0v) is 12.4. The Morgan fingerprint density at radius 1 is 1.32 bits per heavy atom. The van der Waals surface area contributed by atoms with Gasteiger partial charge in [-0.25, -0.2) is 0 Å². The minimum Gasteiger partial charge on any atom is -0.481 e. The molecule has 4 nitrogen and oxygen atoms in total. The van der Waals surface area contributed by atoms with Crippen LogP contribution in [0, 0.1) is 0 Å². The highest BCUT2D eigenvalue weighted by Gasteiger charge is 2.22. The fourth-order valence-electron chi connectivity index (χ4n) is 1.48. The molecule has 1 atom stereocenters. The van der Waals surface area contributed by atoms with Gasteiger partial charge in [-0.2, -0.15) is 0 Å². The molecule has 106 valence electrons. The van der Waals surface area contributed by atoms with Crippen LogP contribution < -0.4 is 15.4 Å². The first-order chi connectivity index (χ1) is 8.88. The number of ether oxygens (including phenoxy) is 1. The molecule has 0 radical (unpaired) electrons. The van der Waals surface area contributed by atoms with Crippen molar-refractivity contribution in [3.8, 4) is 5.75 Å². The van der Waals surface area contributed by atoms with Crippen LogP contribution in [-0.4, -0.2) is 24.6 Å². The molecule has 1 aromatic rings. The topological polar surface area (TPSA) is 50.4 Å². The molecule has 0 saturated carbocycles. The number of hydrogen-bond acceptors (Lipinski definition) is 3. The Balaban J connectivity index is 2.58. The average Bonchev–Trinajstić information content (AvgIpc) is 2.39. The van der Waals surface area contributed by atoms with Gasteiger partial charge in [0.05, 0.1) is 0 Å². The van der Waals surface area contributed by atoms with Crippen LogP contribution in [0.5, 0.6) is 5.75 Å². The van der Waals surface area contributed by atoms with E-state index in [-0.39, 0.29) is 11.4 Å². The summed E-state index contributed by atoms with van der Waals surface area (Å²) >= 11 is 0. The summed E-state index contributed by atoms with van der Waals surface area (Å²) in [5.74, 6) is 0.598. The van der Waals surface area contributed by atoms with E-state index in [9.17, 15) is 4.79 Å².